The maximum absolute atomic E-state index is 5.68. The first-order chi connectivity index (χ1) is 10.7. The second-order valence-corrected chi connectivity index (χ2v) is 7.55. The molecule has 0 radical (unpaired) electrons. The van der Waals surface area contributed by atoms with Crippen molar-refractivity contribution in [3.05, 3.63) is 29.3 Å². The van der Waals surface area contributed by atoms with Crippen LogP contribution in [0.5, 0.6) is 5.75 Å². The van der Waals surface area contributed by atoms with E-state index in [1.54, 1.807) is 12.7 Å². The Kier molecular flexibility index (Phi) is 3.21. The Labute approximate surface area is 132 Å². The van der Waals surface area contributed by atoms with E-state index >= 15 is 0 Å². The fraction of sp³-hybridized carbons (Fsp3) is 0.632. The molecule has 2 N–H and O–H groups in total. The molecule has 2 fully saturated rings. The van der Waals surface area contributed by atoms with Gasteiger partial charge in [-0.2, -0.15) is 5.10 Å². The van der Waals surface area contributed by atoms with Crippen molar-refractivity contribution in [2.75, 3.05) is 7.11 Å². The summed E-state index contributed by atoms with van der Waals surface area (Å²) >= 11 is 0. The standard InChI is InChI=1S/C19H26N2O/c1-19-10-9-15-14-6-4-13(22-2)11-12(14)3-5-16(15)17(19)7-8-18(19)21-20/h4,6,11,15-17H,3,5,7-10,20H2,1-2H3/b21-18+. The highest BCUT2D eigenvalue weighted by molar-refractivity contribution is 5.92. The molecular formula is C19H26N2O. The van der Waals surface area contributed by atoms with Gasteiger partial charge in [0.1, 0.15) is 5.75 Å². The zero-order valence-corrected chi connectivity index (χ0v) is 13.6. The Morgan fingerprint density at radius 3 is 2.86 bits per heavy atom. The van der Waals surface area contributed by atoms with Gasteiger partial charge in [0.05, 0.1) is 7.11 Å². The van der Waals surface area contributed by atoms with E-state index in [0.717, 1.165) is 29.9 Å². The third kappa shape index (κ3) is 1.84. The lowest BCUT2D eigenvalue weighted by Gasteiger charge is -2.49. The van der Waals surface area contributed by atoms with Gasteiger partial charge in [0.25, 0.3) is 0 Å². The second kappa shape index (κ2) is 5.00. The predicted molar refractivity (Wildman–Crippen MR) is 89.2 cm³/mol. The molecule has 3 nitrogen and oxygen atoms in total. The van der Waals surface area contributed by atoms with Crippen LogP contribution >= 0.6 is 0 Å². The molecular weight excluding hydrogens is 272 g/mol. The Balaban J connectivity index is 1.69. The minimum absolute atomic E-state index is 0.264. The highest BCUT2D eigenvalue weighted by atomic mass is 16.5. The first kappa shape index (κ1) is 14.1. The summed E-state index contributed by atoms with van der Waals surface area (Å²) in [6.07, 6.45) is 7.39. The largest absolute Gasteiger partial charge is 0.497 e. The van der Waals surface area contributed by atoms with Gasteiger partial charge in [-0.3, -0.25) is 0 Å². The van der Waals surface area contributed by atoms with Crippen molar-refractivity contribution in [2.45, 2.75) is 51.4 Å². The highest BCUT2D eigenvalue weighted by Crippen LogP contribution is 2.59. The van der Waals surface area contributed by atoms with Crippen LogP contribution in [0.2, 0.25) is 0 Å². The summed E-state index contributed by atoms with van der Waals surface area (Å²) in [6, 6.07) is 6.71. The number of nitrogens with zero attached hydrogens (tertiary/aromatic N) is 1. The summed E-state index contributed by atoms with van der Waals surface area (Å²) in [4.78, 5) is 0. The molecule has 0 saturated heterocycles. The molecule has 0 heterocycles. The number of fused-ring (bicyclic) bond motifs is 5. The van der Waals surface area contributed by atoms with Gasteiger partial charge in [-0.25, -0.2) is 0 Å². The molecule has 0 amide bonds. The van der Waals surface area contributed by atoms with Crippen LogP contribution in [0.3, 0.4) is 0 Å². The van der Waals surface area contributed by atoms with Gasteiger partial charge in [0.15, 0.2) is 0 Å². The Hall–Kier alpha value is -1.51. The highest BCUT2D eigenvalue weighted by Gasteiger charge is 2.53. The van der Waals surface area contributed by atoms with E-state index in [4.69, 9.17) is 10.6 Å². The monoisotopic (exact) mass is 298 g/mol. The first-order valence-corrected chi connectivity index (χ1v) is 8.61. The van der Waals surface area contributed by atoms with Gasteiger partial charge >= 0.3 is 0 Å². The molecule has 0 spiro atoms. The molecule has 0 aliphatic heterocycles. The van der Waals surface area contributed by atoms with E-state index in [-0.39, 0.29) is 5.41 Å². The lowest BCUT2D eigenvalue weighted by Crippen LogP contribution is -2.42. The lowest BCUT2D eigenvalue weighted by atomic mass is 9.55. The summed E-state index contributed by atoms with van der Waals surface area (Å²) in [5.74, 6) is 8.97. The SMILES string of the molecule is COc1ccc2c(c1)CCC1C2CCC2(C)/C(=N/N)CCC12. The smallest absolute Gasteiger partial charge is 0.119 e. The average Bonchev–Trinajstić information content (AvgIpc) is 2.90. The van der Waals surface area contributed by atoms with Crippen molar-refractivity contribution in [1.29, 1.82) is 0 Å². The molecule has 1 aromatic rings. The van der Waals surface area contributed by atoms with Gasteiger partial charge in [0, 0.05) is 11.1 Å². The molecule has 0 aromatic heterocycles. The molecule has 4 unspecified atom stereocenters. The third-order valence-corrected chi connectivity index (χ3v) is 6.83. The molecule has 118 valence electrons. The van der Waals surface area contributed by atoms with Gasteiger partial charge in [-0.05, 0) is 79.5 Å². The van der Waals surface area contributed by atoms with Crippen molar-refractivity contribution >= 4 is 5.71 Å². The van der Waals surface area contributed by atoms with Crippen LogP contribution in [0.1, 0.15) is 56.1 Å². The van der Waals surface area contributed by atoms with Crippen LogP contribution in [0, 0.1) is 17.3 Å². The number of hydrogen-bond donors (Lipinski definition) is 1. The van der Waals surface area contributed by atoms with E-state index in [1.165, 1.54) is 43.4 Å². The molecule has 4 rings (SSSR count). The van der Waals surface area contributed by atoms with E-state index < -0.39 is 0 Å². The number of rotatable bonds is 1. The minimum Gasteiger partial charge on any atom is -0.497 e. The molecule has 1 aromatic carbocycles. The summed E-state index contributed by atoms with van der Waals surface area (Å²) in [7, 11) is 1.76. The number of benzene rings is 1. The van der Waals surface area contributed by atoms with Crippen LogP contribution < -0.4 is 10.6 Å². The zero-order chi connectivity index (χ0) is 15.3. The van der Waals surface area contributed by atoms with Crippen LogP contribution in [-0.4, -0.2) is 12.8 Å². The molecule has 4 atom stereocenters. The van der Waals surface area contributed by atoms with Crippen molar-refractivity contribution in [3.63, 3.8) is 0 Å². The fourth-order valence-electron chi connectivity index (χ4n) is 5.69. The maximum Gasteiger partial charge on any atom is 0.119 e. The number of methoxy groups -OCH3 is 1. The Morgan fingerprint density at radius 2 is 2.09 bits per heavy atom. The van der Waals surface area contributed by atoms with Gasteiger partial charge < -0.3 is 10.6 Å². The molecule has 3 aliphatic rings. The number of ether oxygens (including phenoxy) is 1. The van der Waals surface area contributed by atoms with Crippen LogP contribution in [0.25, 0.3) is 0 Å². The summed E-state index contributed by atoms with van der Waals surface area (Å²) in [5.41, 5.74) is 4.63. The average molecular weight is 298 g/mol. The van der Waals surface area contributed by atoms with E-state index in [9.17, 15) is 0 Å². The van der Waals surface area contributed by atoms with Crippen molar-refractivity contribution < 1.29 is 4.74 Å². The second-order valence-electron chi connectivity index (χ2n) is 7.55. The van der Waals surface area contributed by atoms with Crippen LogP contribution in [0.4, 0.5) is 0 Å². The van der Waals surface area contributed by atoms with Crippen LogP contribution in [0.15, 0.2) is 23.3 Å². The van der Waals surface area contributed by atoms with E-state index in [0.29, 0.717) is 0 Å². The summed E-state index contributed by atoms with van der Waals surface area (Å²) in [5, 5.41) is 4.15. The van der Waals surface area contributed by atoms with Crippen molar-refractivity contribution in [1.82, 2.24) is 0 Å². The molecule has 0 bridgehead atoms. The topological polar surface area (TPSA) is 47.6 Å². The maximum atomic E-state index is 5.68. The Bertz CT molecular complexity index is 624. The molecule has 3 aliphatic carbocycles. The number of hydrogen-bond acceptors (Lipinski definition) is 3. The zero-order valence-electron chi connectivity index (χ0n) is 13.6. The van der Waals surface area contributed by atoms with Crippen LogP contribution in [-0.2, 0) is 6.42 Å². The van der Waals surface area contributed by atoms with Crippen molar-refractivity contribution in [2.24, 2.45) is 28.2 Å². The normalized spacial score (nSPS) is 38.3. The van der Waals surface area contributed by atoms with E-state index in [1.807, 2.05) is 0 Å². The number of nitrogens with two attached hydrogens (primary N) is 1. The molecule has 3 heteroatoms. The molecule has 2 saturated carbocycles. The summed E-state index contributed by atoms with van der Waals surface area (Å²) < 4.78 is 5.40. The third-order valence-electron chi connectivity index (χ3n) is 6.83. The Morgan fingerprint density at radius 1 is 1.23 bits per heavy atom. The summed E-state index contributed by atoms with van der Waals surface area (Å²) in [6.45, 7) is 2.41. The quantitative estimate of drug-likeness (QED) is 0.632. The number of aryl methyl sites for hydroxylation is 1. The van der Waals surface area contributed by atoms with Gasteiger partial charge in [0.2, 0.25) is 0 Å². The first-order valence-electron chi connectivity index (χ1n) is 8.61. The predicted octanol–water partition coefficient (Wildman–Crippen LogP) is 3.87. The minimum atomic E-state index is 0.264. The van der Waals surface area contributed by atoms with E-state index in [2.05, 4.69) is 30.2 Å². The number of hydrazone groups is 1. The van der Waals surface area contributed by atoms with Gasteiger partial charge in [-0.1, -0.05) is 13.0 Å². The van der Waals surface area contributed by atoms with Gasteiger partial charge in [-0.15, -0.1) is 0 Å². The fourth-order valence-corrected chi connectivity index (χ4v) is 5.69. The lowest BCUT2D eigenvalue weighted by molar-refractivity contribution is 0.0955. The molecule has 22 heavy (non-hydrogen) atoms. The van der Waals surface area contributed by atoms with Crippen molar-refractivity contribution in [3.8, 4) is 5.75 Å².